The lowest BCUT2D eigenvalue weighted by Gasteiger charge is -2.11. The van der Waals surface area contributed by atoms with E-state index in [2.05, 4.69) is 9.71 Å². The molecular formula is C22H17FN2O4S. The Morgan fingerprint density at radius 3 is 2.40 bits per heavy atom. The second kappa shape index (κ2) is 7.81. The Bertz CT molecular complexity index is 1390. The van der Waals surface area contributed by atoms with Gasteiger partial charge in [-0.25, -0.2) is 27.3 Å². The van der Waals surface area contributed by atoms with Gasteiger partial charge in [0.1, 0.15) is 12.4 Å². The zero-order valence-corrected chi connectivity index (χ0v) is 16.7. The number of nitrogens with one attached hydrogen (secondary N) is 1. The average molecular weight is 424 g/mol. The van der Waals surface area contributed by atoms with Crippen LogP contribution in [0.5, 0.6) is 0 Å². The number of ether oxygens (including phenoxy) is 1. The highest BCUT2D eigenvalue weighted by atomic mass is 32.2. The van der Waals surface area contributed by atoms with Crippen LogP contribution in [0.4, 0.5) is 4.39 Å². The highest BCUT2D eigenvalue weighted by Crippen LogP contribution is 2.27. The van der Waals surface area contributed by atoms with E-state index in [4.69, 9.17) is 4.74 Å². The van der Waals surface area contributed by atoms with Gasteiger partial charge >= 0.3 is 5.97 Å². The number of hydrogen-bond donors (Lipinski definition) is 1. The number of fused-ring (bicyclic) bond motifs is 3. The van der Waals surface area contributed by atoms with Crippen molar-refractivity contribution in [3.05, 3.63) is 83.8 Å². The summed E-state index contributed by atoms with van der Waals surface area (Å²) in [5.74, 6) is -1.84. The highest BCUT2D eigenvalue weighted by Gasteiger charge is 2.20. The number of halogens is 1. The normalized spacial score (nSPS) is 11.7. The zero-order valence-electron chi connectivity index (χ0n) is 15.9. The van der Waals surface area contributed by atoms with Crippen molar-refractivity contribution in [1.82, 2.24) is 9.71 Å². The van der Waals surface area contributed by atoms with E-state index in [1.54, 1.807) is 0 Å². The standard InChI is InChI=1S/C22H17FN2O4S/c1-24-30(27,28)14-10-11-19(23)18(12-14)22(26)29-13-21-17-8-3-2-6-15(17)16-7-4-5-9-20(16)25-21/h2-12,24H,13H2,1H3. The zero-order chi connectivity index (χ0) is 21.3. The van der Waals surface area contributed by atoms with Crippen LogP contribution in [0, 0.1) is 5.82 Å². The Morgan fingerprint density at radius 2 is 1.67 bits per heavy atom. The number of carbonyl (C=O) groups is 1. The first-order chi connectivity index (χ1) is 14.4. The molecule has 0 radical (unpaired) electrons. The van der Waals surface area contributed by atoms with Crippen LogP contribution >= 0.6 is 0 Å². The molecule has 3 aromatic carbocycles. The van der Waals surface area contributed by atoms with Gasteiger partial charge in [0, 0.05) is 10.8 Å². The number of nitrogens with zero attached hydrogens (tertiary/aromatic N) is 1. The number of hydrogen-bond acceptors (Lipinski definition) is 5. The van der Waals surface area contributed by atoms with Gasteiger partial charge in [0.15, 0.2) is 0 Å². The smallest absolute Gasteiger partial charge is 0.341 e. The van der Waals surface area contributed by atoms with Crippen molar-refractivity contribution < 1.29 is 22.3 Å². The maximum atomic E-state index is 14.2. The van der Waals surface area contributed by atoms with Gasteiger partial charge in [-0.2, -0.15) is 0 Å². The van der Waals surface area contributed by atoms with Gasteiger partial charge in [-0.3, -0.25) is 0 Å². The summed E-state index contributed by atoms with van der Waals surface area (Å²) >= 11 is 0. The van der Waals surface area contributed by atoms with Gasteiger partial charge in [0.05, 0.1) is 21.7 Å². The molecule has 6 nitrogen and oxygen atoms in total. The third kappa shape index (κ3) is 3.62. The number of rotatable bonds is 5. The van der Waals surface area contributed by atoms with Crippen molar-refractivity contribution in [3.8, 4) is 0 Å². The Kier molecular flexibility index (Phi) is 5.19. The minimum atomic E-state index is -3.83. The molecule has 8 heteroatoms. The second-order valence-electron chi connectivity index (χ2n) is 6.55. The van der Waals surface area contributed by atoms with Crippen LogP contribution in [0.25, 0.3) is 21.7 Å². The van der Waals surface area contributed by atoms with Crippen LogP contribution in [0.1, 0.15) is 16.1 Å². The molecule has 0 amide bonds. The number of esters is 1. The van der Waals surface area contributed by atoms with Crippen LogP contribution < -0.4 is 4.72 Å². The molecule has 1 aromatic heterocycles. The van der Waals surface area contributed by atoms with E-state index in [1.807, 2.05) is 48.5 Å². The molecule has 0 atom stereocenters. The first-order valence-electron chi connectivity index (χ1n) is 9.07. The van der Waals surface area contributed by atoms with Gasteiger partial charge in [-0.15, -0.1) is 0 Å². The van der Waals surface area contributed by atoms with E-state index in [0.29, 0.717) is 5.69 Å². The largest absolute Gasteiger partial charge is 0.455 e. The van der Waals surface area contributed by atoms with Crippen molar-refractivity contribution in [2.75, 3.05) is 7.05 Å². The fourth-order valence-electron chi connectivity index (χ4n) is 3.24. The molecule has 1 heterocycles. The van der Waals surface area contributed by atoms with Crippen LogP contribution in [0.15, 0.2) is 71.6 Å². The summed E-state index contributed by atoms with van der Waals surface area (Å²) in [7, 11) is -2.60. The Hall–Kier alpha value is -3.36. The molecule has 4 rings (SSSR count). The summed E-state index contributed by atoms with van der Waals surface area (Å²) in [4.78, 5) is 16.9. The predicted molar refractivity (Wildman–Crippen MR) is 111 cm³/mol. The van der Waals surface area contributed by atoms with E-state index < -0.39 is 27.4 Å². The molecule has 0 saturated carbocycles. The Morgan fingerprint density at radius 1 is 1.00 bits per heavy atom. The average Bonchev–Trinajstić information content (AvgIpc) is 2.77. The monoisotopic (exact) mass is 424 g/mol. The lowest BCUT2D eigenvalue weighted by molar-refractivity contribution is 0.0464. The highest BCUT2D eigenvalue weighted by molar-refractivity contribution is 7.89. The number of benzene rings is 3. The maximum Gasteiger partial charge on any atom is 0.341 e. The SMILES string of the molecule is CNS(=O)(=O)c1ccc(F)c(C(=O)OCc2nc3ccccc3c3ccccc23)c1. The molecule has 0 unspecified atom stereocenters. The molecule has 0 aliphatic rings. The fraction of sp³-hybridized carbons (Fsp3) is 0.0909. The summed E-state index contributed by atoms with van der Waals surface area (Å²) in [6.45, 7) is -0.188. The fourth-order valence-corrected chi connectivity index (χ4v) is 4.00. The number of sulfonamides is 1. The molecule has 1 N–H and O–H groups in total. The Labute approximate surface area is 172 Å². The molecule has 0 fully saturated rings. The summed E-state index contributed by atoms with van der Waals surface area (Å²) in [5, 5.41) is 2.75. The lowest BCUT2D eigenvalue weighted by Crippen LogP contribution is -2.19. The van der Waals surface area contributed by atoms with Crippen LogP contribution in [0.2, 0.25) is 0 Å². The first-order valence-corrected chi connectivity index (χ1v) is 10.6. The van der Waals surface area contributed by atoms with Gasteiger partial charge in [-0.05, 0) is 36.7 Å². The van der Waals surface area contributed by atoms with Crippen molar-refractivity contribution in [2.45, 2.75) is 11.5 Å². The first kappa shape index (κ1) is 19.9. The van der Waals surface area contributed by atoms with Crippen LogP contribution in [0.3, 0.4) is 0 Å². The summed E-state index contributed by atoms with van der Waals surface area (Å²) < 4.78 is 45.5. The van der Waals surface area contributed by atoms with E-state index >= 15 is 0 Å². The molecule has 0 bridgehead atoms. The summed E-state index contributed by atoms with van der Waals surface area (Å²) in [6.07, 6.45) is 0. The molecule has 0 aliphatic heterocycles. The van der Waals surface area contributed by atoms with Gasteiger partial charge < -0.3 is 4.74 Å². The van der Waals surface area contributed by atoms with Gasteiger partial charge in [-0.1, -0.05) is 42.5 Å². The molecule has 4 aromatic rings. The number of aromatic nitrogens is 1. The number of carbonyl (C=O) groups excluding carboxylic acids is 1. The molecule has 152 valence electrons. The minimum absolute atomic E-state index is 0.188. The molecule has 0 saturated heterocycles. The van der Waals surface area contributed by atoms with Crippen molar-refractivity contribution in [3.63, 3.8) is 0 Å². The van der Waals surface area contributed by atoms with Crippen molar-refractivity contribution in [2.24, 2.45) is 0 Å². The van der Waals surface area contributed by atoms with Gasteiger partial charge in [0.25, 0.3) is 0 Å². The van der Waals surface area contributed by atoms with Crippen LogP contribution in [-0.2, 0) is 21.4 Å². The maximum absolute atomic E-state index is 14.2. The summed E-state index contributed by atoms with van der Waals surface area (Å²) in [5.41, 5.74) is 0.809. The van der Waals surface area contributed by atoms with Crippen molar-refractivity contribution in [1.29, 1.82) is 0 Å². The second-order valence-corrected chi connectivity index (χ2v) is 8.43. The van der Waals surface area contributed by atoms with E-state index in [0.717, 1.165) is 39.9 Å². The van der Waals surface area contributed by atoms with E-state index in [1.165, 1.54) is 7.05 Å². The lowest BCUT2D eigenvalue weighted by atomic mass is 10.0. The number of pyridine rings is 1. The van der Waals surface area contributed by atoms with E-state index in [9.17, 15) is 17.6 Å². The molecule has 30 heavy (non-hydrogen) atoms. The Balaban J connectivity index is 1.68. The third-order valence-corrected chi connectivity index (χ3v) is 6.18. The topological polar surface area (TPSA) is 85.4 Å². The predicted octanol–water partition coefficient (Wildman–Crippen LogP) is 3.79. The van der Waals surface area contributed by atoms with Crippen molar-refractivity contribution >= 4 is 37.7 Å². The van der Waals surface area contributed by atoms with Crippen LogP contribution in [-0.4, -0.2) is 26.4 Å². The molecule has 0 aliphatic carbocycles. The number of para-hydroxylation sites is 1. The summed E-state index contributed by atoms with van der Waals surface area (Å²) in [6, 6.07) is 18.2. The molecular weight excluding hydrogens is 407 g/mol. The quantitative estimate of drug-likeness (QED) is 0.389. The van der Waals surface area contributed by atoms with E-state index in [-0.39, 0.29) is 11.5 Å². The molecule has 0 spiro atoms. The third-order valence-electron chi connectivity index (χ3n) is 4.76. The minimum Gasteiger partial charge on any atom is -0.455 e. The van der Waals surface area contributed by atoms with Gasteiger partial charge in [0.2, 0.25) is 10.0 Å².